The van der Waals surface area contributed by atoms with Gasteiger partial charge in [-0.15, -0.1) is 0 Å². The molecule has 0 saturated carbocycles. The lowest BCUT2D eigenvalue weighted by Crippen LogP contribution is -2.52. The molecule has 1 radical (unpaired) electrons. The Morgan fingerprint density at radius 2 is 2.00 bits per heavy atom. The topological polar surface area (TPSA) is 86.8 Å². The van der Waals surface area contributed by atoms with Gasteiger partial charge < -0.3 is 5.32 Å². The van der Waals surface area contributed by atoms with Crippen LogP contribution in [0.1, 0.15) is 6.42 Å². The quantitative estimate of drug-likeness (QED) is 0.785. The second kappa shape index (κ2) is 5.96. The summed E-state index contributed by atoms with van der Waals surface area (Å²) in [7, 11) is 0. The second-order valence-electron chi connectivity index (χ2n) is 4.05. The number of benzene rings is 1. The number of para-hydroxylation sites is 1. The van der Waals surface area contributed by atoms with Crippen molar-refractivity contribution in [3.8, 4) is 0 Å². The number of rotatable bonds is 4. The second-order valence-corrected chi connectivity index (χ2v) is 4.05. The maximum absolute atomic E-state index is 12.1. The monoisotopic (exact) mass is 274 g/mol. The summed E-state index contributed by atoms with van der Waals surface area (Å²) in [5.74, 6) is -1.28. The summed E-state index contributed by atoms with van der Waals surface area (Å²) in [6.45, 7) is -0.164. The molecule has 0 spiro atoms. The third-order valence-corrected chi connectivity index (χ3v) is 2.77. The van der Waals surface area contributed by atoms with Crippen molar-refractivity contribution in [3.05, 3.63) is 30.3 Å². The fourth-order valence-electron chi connectivity index (χ4n) is 1.87. The van der Waals surface area contributed by atoms with Crippen molar-refractivity contribution >= 4 is 29.7 Å². The molecule has 0 aliphatic carbocycles. The number of hydrogen-bond donors (Lipinski definition) is 1. The van der Waals surface area contributed by atoms with Gasteiger partial charge in [-0.05, 0) is 12.1 Å². The van der Waals surface area contributed by atoms with Crippen LogP contribution in [-0.4, -0.2) is 42.1 Å². The third-order valence-electron chi connectivity index (χ3n) is 2.77. The zero-order valence-corrected chi connectivity index (χ0v) is 10.5. The van der Waals surface area contributed by atoms with Gasteiger partial charge in [0.25, 0.3) is 0 Å². The number of carbonyl (C=O) groups excluding carboxylic acids is 4. The van der Waals surface area contributed by atoms with Crippen LogP contribution in [0.25, 0.3) is 0 Å². The van der Waals surface area contributed by atoms with E-state index in [0.717, 1.165) is 10.0 Å². The molecule has 0 aromatic heterocycles. The first-order valence-electron chi connectivity index (χ1n) is 5.97. The summed E-state index contributed by atoms with van der Waals surface area (Å²) < 4.78 is 0. The van der Waals surface area contributed by atoms with Crippen LogP contribution in [0.15, 0.2) is 30.3 Å². The van der Waals surface area contributed by atoms with Crippen molar-refractivity contribution < 1.29 is 19.2 Å². The molecule has 1 aromatic rings. The van der Waals surface area contributed by atoms with E-state index in [1.54, 1.807) is 30.3 Å². The number of nitrogens with one attached hydrogen (secondary N) is 1. The van der Waals surface area contributed by atoms with Crippen LogP contribution in [0.3, 0.4) is 0 Å². The fraction of sp³-hybridized carbons (Fsp3) is 0.231. The van der Waals surface area contributed by atoms with Gasteiger partial charge in [0.05, 0.1) is 18.8 Å². The van der Waals surface area contributed by atoms with Crippen LogP contribution in [0.4, 0.5) is 10.5 Å². The molecule has 7 heteroatoms. The van der Waals surface area contributed by atoms with E-state index >= 15 is 0 Å². The van der Waals surface area contributed by atoms with E-state index in [2.05, 4.69) is 5.32 Å². The molecule has 1 aliphatic rings. The standard InChI is InChI=1S/C13H12N3O4/c17-9-7-14-13(20)16(10-4-2-1-3-5-10)15-8-6-11(18)12(15)19/h1-5H,6-8H2,(H,14,20). The minimum absolute atomic E-state index is 0.0647. The molecule has 0 unspecified atom stereocenters. The van der Waals surface area contributed by atoms with E-state index in [1.165, 1.54) is 6.29 Å². The smallest absolute Gasteiger partial charge is 0.329 e. The van der Waals surface area contributed by atoms with E-state index in [9.17, 15) is 19.2 Å². The highest BCUT2D eigenvalue weighted by Crippen LogP contribution is 2.20. The lowest BCUT2D eigenvalue weighted by molar-refractivity contribution is -0.140. The number of amides is 3. The molecule has 1 N–H and O–H groups in total. The lowest BCUT2D eigenvalue weighted by atomic mass is 10.3. The van der Waals surface area contributed by atoms with Gasteiger partial charge in [0.1, 0.15) is 0 Å². The predicted octanol–water partition coefficient (Wildman–Crippen LogP) is 0.0287. The van der Waals surface area contributed by atoms with Crippen LogP contribution in [0, 0.1) is 0 Å². The van der Waals surface area contributed by atoms with Gasteiger partial charge in [0.15, 0.2) is 0 Å². The summed E-state index contributed by atoms with van der Waals surface area (Å²) >= 11 is 0. The molecule has 2 rings (SSSR count). The Bertz CT molecular complexity index is 544. The average Bonchev–Trinajstić information content (AvgIpc) is 2.79. The van der Waals surface area contributed by atoms with E-state index in [1.807, 2.05) is 0 Å². The van der Waals surface area contributed by atoms with E-state index in [-0.39, 0.29) is 19.5 Å². The Labute approximate surface area is 115 Å². The molecule has 1 aromatic carbocycles. The lowest BCUT2D eigenvalue weighted by Gasteiger charge is -2.30. The Hall–Kier alpha value is -2.70. The van der Waals surface area contributed by atoms with Crippen LogP contribution >= 0.6 is 0 Å². The summed E-state index contributed by atoms with van der Waals surface area (Å²) in [6.07, 6.45) is 1.60. The number of hydrogen-bond acceptors (Lipinski definition) is 4. The summed E-state index contributed by atoms with van der Waals surface area (Å²) in [5, 5.41) is 4.43. The molecule has 3 amide bonds. The first kappa shape index (κ1) is 13.7. The molecule has 1 fully saturated rings. The van der Waals surface area contributed by atoms with Gasteiger partial charge in [0, 0.05) is 6.42 Å². The van der Waals surface area contributed by atoms with Gasteiger partial charge in [-0.25, -0.2) is 9.80 Å². The highest BCUT2D eigenvalue weighted by molar-refractivity contribution is 6.38. The fourth-order valence-corrected chi connectivity index (χ4v) is 1.87. The number of carbonyl (C=O) groups is 3. The molecular formula is C13H12N3O4. The Morgan fingerprint density at radius 1 is 1.30 bits per heavy atom. The maximum Gasteiger partial charge on any atom is 0.341 e. The zero-order valence-electron chi connectivity index (χ0n) is 10.5. The van der Waals surface area contributed by atoms with E-state index in [0.29, 0.717) is 5.69 Å². The summed E-state index contributed by atoms with van der Waals surface area (Å²) in [6, 6.07) is 7.74. The van der Waals surface area contributed by atoms with Crippen molar-refractivity contribution in [3.63, 3.8) is 0 Å². The zero-order chi connectivity index (χ0) is 14.5. The van der Waals surface area contributed by atoms with Gasteiger partial charge >= 0.3 is 11.9 Å². The van der Waals surface area contributed by atoms with Crippen molar-refractivity contribution in [2.45, 2.75) is 6.42 Å². The third kappa shape index (κ3) is 2.66. The predicted molar refractivity (Wildman–Crippen MR) is 69.4 cm³/mol. The highest BCUT2D eigenvalue weighted by Gasteiger charge is 2.36. The molecule has 20 heavy (non-hydrogen) atoms. The minimum Gasteiger partial charge on any atom is -0.329 e. The number of anilines is 1. The van der Waals surface area contributed by atoms with Crippen LogP contribution in [0.5, 0.6) is 0 Å². The first-order valence-corrected chi connectivity index (χ1v) is 5.97. The SMILES string of the molecule is O=[C]CNC(=O)N(c1ccccc1)N1CCC(=O)C1=O. The minimum atomic E-state index is -0.737. The number of urea groups is 1. The normalized spacial score (nSPS) is 14.3. The van der Waals surface area contributed by atoms with E-state index in [4.69, 9.17) is 0 Å². The molecule has 0 bridgehead atoms. The summed E-state index contributed by atoms with van der Waals surface area (Å²) in [4.78, 5) is 45.4. The maximum atomic E-state index is 12.1. The molecule has 7 nitrogen and oxygen atoms in total. The first-order chi connectivity index (χ1) is 9.65. The summed E-state index contributed by atoms with van der Waals surface area (Å²) in [5.41, 5.74) is 0.430. The van der Waals surface area contributed by atoms with Gasteiger partial charge in [-0.1, -0.05) is 18.2 Å². The molecular weight excluding hydrogens is 262 g/mol. The average molecular weight is 274 g/mol. The van der Waals surface area contributed by atoms with Crippen LogP contribution in [0.2, 0.25) is 0 Å². The van der Waals surface area contributed by atoms with Crippen LogP contribution < -0.4 is 10.3 Å². The van der Waals surface area contributed by atoms with Gasteiger partial charge in [-0.2, -0.15) is 5.01 Å². The van der Waals surface area contributed by atoms with Crippen LogP contribution in [-0.2, 0) is 14.4 Å². The molecule has 0 atom stereocenters. The van der Waals surface area contributed by atoms with Crippen molar-refractivity contribution in [1.29, 1.82) is 0 Å². The number of Topliss-reactive ketones (excluding diaryl/α,β-unsaturated/α-hetero) is 1. The van der Waals surface area contributed by atoms with Crippen molar-refractivity contribution in [2.24, 2.45) is 0 Å². The Balaban J connectivity index is 2.29. The molecule has 1 heterocycles. The van der Waals surface area contributed by atoms with Crippen molar-refractivity contribution in [2.75, 3.05) is 18.1 Å². The number of hydrazine groups is 1. The molecule has 103 valence electrons. The highest BCUT2D eigenvalue weighted by atomic mass is 16.2. The van der Waals surface area contributed by atoms with E-state index < -0.39 is 17.7 Å². The Morgan fingerprint density at radius 3 is 2.55 bits per heavy atom. The van der Waals surface area contributed by atoms with Crippen molar-refractivity contribution in [1.82, 2.24) is 10.3 Å². The number of ketones is 1. The van der Waals surface area contributed by atoms with Gasteiger partial charge in [-0.3, -0.25) is 14.4 Å². The van der Waals surface area contributed by atoms with Gasteiger partial charge in [0.2, 0.25) is 12.1 Å². The number of nitrogens with zero attached hydrogens (tertiary/aromatic N) is 2. The largest absolute Gasteiger partial charge is 0.341 e. The Kier molecular flexibility index (Phi) is 4.09. The molecule has 1 saturated heterocycles. The molecule has 1 aliphatic heterocycles.